The van der Waals surface area contributed by atoms with Crippen molar-refractivity contribution in [1.82, 2.24) is 10.2 Å². The molecule has 4 atom stereocenters. The Labute approximate surface area is 261 Å². The Kier molecular flexibility index (Phi) is 9.82. The molecule has 1 aromatic rings. The number of ether oxygens (including phenoxy) is 4. The number of methoxy groups -OCH3 is 1. The van der Waals surface area contributed by atoms with E-state index in [0.29, 0.717) is 36.6 Å². The zero-order valence-electron chi connectivity index (χ0n) is 26.8. The van der Waals surface area contributed by atoms with Crippen LogP contribution in [0.2, 0.25) is 0 Å². The van der Waals surface area contributed by atoms with Crippen molar-refractivity contribution in [2.45, 2.75) is 120 Å². The zero-order chi connectivity index (χ0) is 31.5. The first kappa shape index (κ1) is 32.6. The van der Waals surface area contributed by atoms with Crippen molar-refractivity contribution in [2.75, 3.05) is 33.5 Å². The molecule has 3 N–H and O–H groups in total. The van der Waals surface area contributed by atoms with E-state index in [9.17, 15) is 19.8 Å². The first-order valence-electron chi connectivity index (χ1n) is 16.4. The molecule has 0 saturated carbocycles. The van der Waals surface area contributed by atoms with E-state index in [1.165, 1.54) is 0 Å². The number of hydrogen-bond donors (Lipinski definition) is 3. The summed E-state index contributed by atoms with van der Waals surface area (Å²) in [5.74, 6) is 0.386. The van der Waals surface area contributed by atoms with Gasteiger partial charge in [0.25, 0.3) is 0 Å². The second-order valence-electron chi connectivity index (χ2n) is 13.6. The van der Waals surface area contributed by atoms with E-state index >= 15 is 0 Å². The first-order valence-corrected chi connectivity index (χ1v) is 16.4. The lowest BCUT2D eigenvalue weighted by Crippen LogP contribution is -2.50. The predicted molar refractivity (Wildman–Crippen MR) is 164 cm³/mol. The van der Waals surface area contributed by atoms with Gasteiger partial charge < -0.3 is 34.5 Å². The van der Waals surface area contributed by atoms with Crippen LogP contribution in [0.1, 0.15) is 102 Å². The van der Waals surface area contributed by atoms with Crippen LogP contribution in [0, 0.1) is 0 Å². The molecule has 1 fully saturated rings. The summed E-state index contributed by atoms with van der Waals surface area (Å²) in [6, 6.07) is 4.05. The molecule has 1 aromatic carbocycles. The lowest BCUT2D eigenvalue weighted by Gasteiger charge is -2.39. The molecule has 1 spiro atoms. The Bertz CT molecular complexity index is 1240. The third kappa shape index (κ3) is 6.72. The second-order valence-corrected chi connectivity index (χ2v) is 13.6. The van der Waals surface area contributed by atoms with Crippen LogP contribution >= 0.6 is 0 Å². The fraction of sp³-hybridized carbons (Fsp3) is 0.706. The number of amides is 1. The van der Waals surface area contributed by atoms with Crippen LogP contribution in [0.25, 0.3) is 0 Å². The van der Waals surface area contributed by atoms with Gasteiger partial charge in [-0.25, -0.2) is 4.79 Å². The number of esters is 1. The summed E-state index contributed by atoms with van der Waals surface area (Å²) in [7, 11) is 1.58. The van der Waals surface area contributed by atoms with Crippen LogP contribution in [0.5, 0.6) is 11.5 Å². The molecule has 1 aliphatic carbocycles. The smallest absolute Gasteiger partial charge is 0.339 e. The topological polar surface area (TPSA) is 127 Å². The highest BCUT2D eigenvalue weighted by Crippen LogP contribution is 2.55. The molecule has 3 heterocycles. The monoisotopic (exact) mass is 614 g/mol. The van der Waals surface area contributed by atoms with Crippen molar-refractivity contribution in [1.29, 1.82) is 0 Å². The van der Waals surface area contributed by atoms with Crippen LogP contribution in [0.4, 0.5) is 0 Å². The molecule has 1 saturated heterocycles. The summed E-state index contributed by atoms with van der Waals surface area (Å²) in [6.07, 6.45) is 8.29. The fourth-order valence-electron chi connectivity index (χ4n) is 7.50. The van der Waals surface area contributed by atoms with Gasteiger partial charge in [-0.3, -0.25) is 9.69 Å². The molecule has 0 bridgehead atoms. The molecular formula is C34H50N2O8. The Balaban J connectivity index is 1.42. The average Bonchev–Trinajstić information content (AvgIpc) is 3.65. The normalized spacial score (nSPS) is 25.3. The number of nitrogens with zero attached hydrogens (tertiary/aromatic N) is 1. The maximum absolute atomic E-state index is 14.1. The SMILES string of the molecule is CCCCCCNC(=O)C[C@](O)(CCCC(C)(C)O)C(=O)OC1C(OC)=CC23CCCN2CCc2cc4c(cc2[C@H]13)OCO4. The molecular weight excluding hydrogens is 564 g/mol. The van der Waals surface area contributed by atoms with Crippen LogP contribution < -0.4 is 14.8 Å². The number of carbonyl (C=O) groups excluding carboxylic acids is 2. The first-order chi connectivity index (χ1) is 21.0. The molecule has 1 amide bonds. The van der Waals surface area contributed by atoms with Gasteiger partial charge in [0.15, 0.2) is 23.2 Å². The Morgan fingerprint density at radius 3 is 2.59 bits per heavy atom. The van der Waals surface area contributed by atoms with E-state index < -0.39 is 41.1 Å². The summed E-state index contributed by atoms with van der Waals surface area (Å²) < 4.78 is 23.6. The molecule has 0 radical (unpaired) electrons. The van der Waals surface area contributed by atoms with Crippen LogP contribution in [0.15, 0.2) is 24.0 Å². The van der Waals surface area contributed by atoms with E-state index in [1.54, 1.807) is 21.0 Å². The Morgan fingerprint density at radius 1 is 1.09 bits per heavy atom. The van der Waals surface area contributed by atoms with Gasteiger partial charge in [-0.15, -0.1) is 0 Å². The zero-order valence-corrected chi connectivity index (χ0v) is 26.8. The van der Waals surface area contributed by atoms with E-state index in [2.05, 4.69) is 23.2 Å². The summed E-state index contributed by atoms with van der Waals surface area (Å²) in [6.45, 7) is 7.91. The predicted octanol–water partition coefficient (Wildman–Crippen LogP) is 4.10. The number of aliphatic hydroxyl groups is 2. The standard InChI is InChI=1S/C34H50N2O8/c1-5-6-7-8-15-35-28(37)21-34(40,14-9-12-32(2,3)39)31(38)44-30-27(41-4)20-33-13-10-16-36(33)17-11-23-18-25-26(43-22-42-25)19-24(23)29(30)33/h18-20,29-30,39-40H,5-17,21-22H2,1-4H3,(H,35,37)/t29-,30?,33?,34-/m1/s1. The van der Waals surface area contributed by atoms with Gasteiger partial charge in [0.2, 0.25) is 12.7 Å². The number of nitrogens with one attached hydrogen (secondary N) is 1. The van der Waals surface area contributed by atoms with Crippen molar-refractivity contribution in [3.8, 4) is 11.5 Å². The third-order valence-corrected chi connectivity index (χ3v) is 9.76. The minimum absolute atomic E-state index is 0.0188. The molecule has 2 unspecified atom stereocenters. The molecule has 10 heteroatoms. The number of fused-ring (bicyclic) bond motifs is 3. The van der Waals surface area contributed by atoms with Gasteiger partial charge in [0.1, 0.15) is 5.76 Å². The van der Waals surface area contributed by atoms with Crippen LogP contribution in [-0.2, 0) is 25.5 Å². The quantitative estimate of drug-likeness (QED) is 0.210. The van der Waals surface area contributed by atoms with Crippen molar-refractivity contribution < 1.29 is 38.7 Å². The Hall–Kier alpha value is -2.82. The fourth-order valence-corrected chi connectivity index (χ4v) is 7.50. The van der Waals surface area contributed by atoms with Crippen molar-refractivity contribution in [2.24, 2.45) is 0 Å². The van der Waals surface area contributed by atoms with Crippen molar-refractivity contribution in [3.05, 3.63) is 35.1 Å². The van der Waals surface area contributed by atoms with Gasteiger partial charge in [0.05, 0.1) is 30.6 Å². The van der Waals surface area contributed by atoms with E-state index in [1.807, 2.05) is 12.1 Å². The van der Waals surface area contributed by atoms with Gasteiger partial charge in [-0.1, -0.05) is 26.2 Å². The highest BCUT2D eigenvalue weighted by atomic mass is 16.7. The molecule has 44 heavy (non-hydrogen) atoms. The van der Waals surface area contributed by atoms with E-state index in [0.717, 1.165) is 69.2 Å². The molecule has 10 nitrogen and oxygen atoms in total. The second kappa shape index (κ2) is 13.3. The maximum atomic E-state index is 14.1. The van der Waals surface area contributed by atoms with Gasteiger partial charge in [-0.05, 0) is 94.7 Å². The summed E-state index contributed by atoms with van der Waals surface area (Å²) in [4.78, 5) is 29.6. The van der Waals surface area contributed by atoms with Gasteiger partial charge >= 0.3 is 5.97 Å². The molecule has 4 aliphatic rings. The molecule has 3 aliphatic heterocycles. The van der Waals surface area contributed by atoms with Gasteiger partial charge in [0, 0.05) is 13.1 Å². The molecule has 5 rings (SSSR count). The minimum Gasteiger partial charge on any atom is -0.497 e. The number of benzene rings is 1. The van der Waals surface area contributed by atoms with Crippen molar-refractivity contribution in [3.63, 3.8) is 0 Å². The molecule has 0 aromatic heterocycles. The number of unbranched alkanes of at least 4 members (excludes halogenated alkanes) is 3. The lowest BCUT2D eigenvalue weighted by atomic mass is 9.77. The number of hydrogen-bond acceptors (Lipinski definition) is 9. The summed E-state index contributed by atoms with van der Waals surface area (Å²) >= 11 is 0. The Morgan fingerprint density at radius 2 is 1.86 bits per heavy atom. The van der Waals surface area contributed by atoms with E-state index in [-0.39, 0.29) is 19.1 Å². The summed E-state index contributed by atoms with van der Waals surface area (Å²) in [5.41, 5.74) is -1.31. The maximum Gasteiger partial charge on any atom is 0.339 e. The molecule has 244 valence electrons. The van der Waals surface area contributed by atoms with Crippen LogP contribution in [-0.4, -0.2) is 83.4 Å². The largest absolute Gasteiger partial charge is 0.497 e. The lowest BCUT2D eigenvalue weighted by molar-refractivity contribution is -0.176. The highest BCUT2D eigenvalue weighted by Gasteiger charge is 2.59. The number of rotatable bonds is 14. The van der Waals surface area contributed by atoms with Crippen molar-refractivity contribution >= 4 is 11.9 Å². The average molecular weight is 615 g/mol. The van der Waals surface area contributed by atoms with E-state index in [4.69, 9.17) is 18.9 Å². The minimum atomic E-state index is -2.06. The van der Waals surface area contributed by atoms with Gasteiger partial charge in [-0.2, -0.15) is 0 Å². The number of carbonyl (C=O) groups is 2. The van der Waals surface area contributed by atoms with Crippen LogP contribution in [0.3, 0.4) is 0 Å². The summed E-state index contributed by atoms with van der Waals surface area (Å²) in [5, 5.41) is 25.0. The highest BCUT2D eigenvalue weighted by molar-refractivity contribution is 5.88. The third-order valence-electron chi connectivity index (χ3n) is 9.76.